The topological polar surface area (TPSA) is 61.8 Å². The van der Waals surface area contributed by atoms with Crippen molar-refractivity contribution in [2.45, 2.75) is 43.0 Å². The van der Waals surface area contributed by atoms with E-state index in [2.05, 4.69) is 4.74 Å². The third-order valence-corrected chi connectivity index (χ3v) is 4.68. The summed E-state index contributed by atoms with van der Waals surface area (Å²) in [5, 5.41) is 0. The van der Waals surface area contributed by atoms with Gasteiger partial charge in [-0.15, -0.1) is 0 Å². The van der Waals surface area contributed by atoms with Crippen molar-refractivity contribution in [3.05, 3.63) is 29.3 Å². The van der Waals surface area contributed by atoms with Crippen LogP contribution in [0.3, 0.4) is 0 Å². The van der Waals surface area contributed by atoms with Crippen LogP contribution in [-0.4, -0.2) is 68.6 Å². The van der Waals surface area contributed by atoms with Gasteiger partial charge in [0, 0.05) is 11.6 Å². The number of halogens is 12. The average Bonchev–Trinajstić information content (AvgIpc) is 2.79. The molecule has 0 amide bonds. The van der Waals surface area contributed by atoms with Crippen molar-refractivity contribution in [1.82, 2.24) is 0 Å². The van der Waals surface area contributed by atoms with Gasteiger partial charge in [0.05, 0.1) is 19.8 Å². The zero-order valence-electron chi connectivity index (χ0n) is 18.7. The monoisotopic (exact) mass is 564 g/mol. The summed E-state index contributed by atoms with van der Waals surface area (Å²) in [6.07, 6.45) is -4.73. The molecule has 0 aliphatic carbocycles. The molecule has 0 aliphatic heterocycles. The Bertz CT molecular complexity index is 1040. The number of ether oxygens (including phenoxy) is 3. The van der Waals surface area contributed by atoms with E-state index in [1.165, 1.54) is 12.1 Å². The van der Waals surface area contributed by atoms with Gasteiger partial charge >= 0.3 is 42.0 Å². The molecule has 0 saturated carbocycles. The number of carbonyl (C=O) groups excluding carboxylic acids is 2. The highest BCUT2D eigenvalue weighted by Gasteiger charge is 2.87. The molecule has 0 saturated heterocycles. The second kappa shape index (κ2) is 10.7. The lowest BCUT2D eigenvalue weighted by Gasteiger charge is -2.38. The first kappa shape index (κ1) is 31.9. The van der Waals surface area contributed by atoms with Crippen LogP contribution in [0.5, 0.6) is 11.5 Å². The fraction of sp³-hybridized carbons (Fsp3) is 0.500. The highest BCUT2D eigenvalue weighted by Crippen LogP contribution is 2.58. The molecule has 0 aromatic heterocycles. The van der Waals surface area contributed by atoms with Crippen molar-refractivity contribution in [3.63, 3.8) is 0 Å². The molecule has 17 heteroatoms. The first-order chi connectivity index (χ1) is 16.6. The molecule has 0 atom stereocenters. The van der Waals surface area contributed by atoms with Crippen LogP contribution in [0.25, 0.3) is 6.08 Å². The normalized spacial score (nSPS) is 13.7. The average molecular weight is 564 g/mol. The third-order valence-electron chi connectivity index (χ3n) is 4.68. The molecular weight excluding hydrogens is 548 g/mol. The summed E-state index contributed by atoms with van der Waals surface area (Å²) < 4.78 is 172. The molecular formula is C20H16F12O5. The van der Waals surface area contributed by atoms with Crippen molar-refractivity contribution in [3.8, 4) is 11.5 Å². The lowest BCUT2D eigenvalue weighted by Crippen LogP contribution is -2.69. The third kappa shape index (κ3) is 5.58. The second-order valence-corrected chi connectivity index (χ2v) is 7.11. The van der Waals surface area contributed by atoms with Crippen LogP contribution in [0.15, 0.2) is 18.2 Å². The molecule has 5 nitrogen and oxygen atoms in total. The molecule has 0 spiro atoms. The molecule has 210 valence electrons. The minimum atomic E-state index is -7.74. The van der Waals surface area contributed by atoms with Gasteiger partial charge in [0.2, 0.25) is 0 Å². The molecule has 0 fully saturated rings. The van der Waals surface area contributed by atoms with Gasteiger partial charge < -0.3 is 14.2 Å². The molecule has 0 heterocycles. The number of ketones is 1. The van der Waals surface area contributed by atoms with Gasteiger partial charge in [-0.3, -0.25) is 4.79 Å². The Kier molecular flexibility index (Phi) is 9.21. The Labute approximate surface area is 200 Å². The van der Waals surface area contributed by atoms with Gasteiger partial charge in [0.15, 0.2) is 12.4 Å². The number of esters is 1. The smallest absolute Gasteiger partial charge is 0.384 e. The molecule has 1 rings (SSSR count). The van der Waals surface area contributed by atoms with E-state index in [4.69, 9.17) is 9.47 Å². The van der Waals surface area contributed by atoms with Gasteiger partial charge in [-0.1, -0.05) is 0 Å². The van der Waals surface area contributed by atoms with E-state index in [-0.39, 0.29) is 28.7 Å². The maximum absolute atomic E-state index is 13.7. The van der Waals surface area contributed by atoms with E-state index in [0.29, 0.717) is 6.08 Å². The van der Waals surface area contributed by atoms with Crippen molar-refractivity contribution in [2.75, 3.05) is 20.8 Å². The van der Waals surface area contributed by atoms with Crippen LogP contribution < -0.4 is 9.47 Å². The molecule has 1 aromatic carbocycles. The maximum Gasteiger partial charge on any atom is 0.384 e. The molecule has 1 aromatic rings. The molecule has 0 unspecified atom stereocenters. The zero-order chi connectivity index (χ0) is 29.2. The predicted octanol–water partition coefficient (Wildman–Crippen LogP) is 5.90. The lowest BCUT2D eigenvalue weighted by atomic mass is 9.94. The number of hydrogen-bond donors (Lipinski definition) is 0. The molecule has 0 aliphatic rings. The Morgan fingerprint density at radius 1 is 0.838 bits per heavy atom. The van der Waals surface area contributed by atoms with Gasteiger partial charge in [0.25, 0.3) is 0 Å². The van der Waals surface area contributed by atoms with Crippen LogP contribution in [0.4, 0.5) is 52.7 Å². The van der Waals surface area contributed by atoms with Crippen molar-refractivity contribution in [2.24, 2.45) is 0 Å². The predicted molar refractivity (Wildman–Crippen MR) is 100 cm³/mol. The number of rotatable bonds is 12. The molecule has 37 heavy (non-hydrogen) atoms. The number of benzene rings is 1. The Morgan fingerprint density at radius 2 is 1.32 bits per heavy atom. The minimum Gasteiger partial charge on any atom is -0.496 e. The van der Waals surface area contributed by atoms with Crippen molar-refractivity contribution >= 4 is 17.8 Å². The quantitative estimate of drug-likeness (QED) is 0.137. The van der Waals surface area contributed by atoms with Gasteiger partial charge in [-0.05, 0) is 25.1 Å². The van der Waals surface area contributed by atoms with E-state index in [0.717, 1.165) is 21.1 Å². The zero-order valence-corrected chi connectivity index (χ0v) is 18.7. The first-order valence-corrected chi connectivity index (χ1v) is 9.42. The standard InChI is InChI=1S/C20H16F12O5/c1-9(33)14-10(11(35-2)5-6-12(14)36-3)4-7-13(34)37-8-16(23,24)18(27,28)20(31,32)19(29,30)17(25,26)15(21)22/h4-7,15H,8H2,1-3H3/b7-4+. The SMILES string of the molecule is COc1ccc(OC)c(C(C)=O)c1/C=C/C(=O)OCC(F)(F)C(F)(F)C(F)(F)C(F)(F)C(F)(F)C(F)F. The summed E-state index contributed by atoms with van der Waals surface area (Å²) in [7, 11) is 2.26. The van der Waals surface area contributed by atoms with Crippen LogP contribution in [0, 0.1) is 0 Å². The highest BCUT2D eigenvalue weighted by molar-refractivity contribution is 6.02. The largest absolute Gasteiger partial charge is 0.496 e. The van der Waals surface area contributed by atoms with Crippen molar-refractivity contribution in [1.29, 1.82) is 0 Å². The number of carbonyl (C=O) groups is 2. The summed E-state index contributed by atoms with van der Waals surface area (Å²) in [6.45, 7) is -2.02. The first-order valence-electron chi connectivity index (χ1n) is 9.42. The fourth-order valence-electron chi connectivity index (χ4n) is 2.68. The Morgan fingerprint density at radius 3 is 1.76 bits per heavy atom. The minimum absolute atomic E-state index is 0.0590. The van der Waals surface area contributed by atoms with Crippen LogP contribution >= 0.6 is 0 Å². The second-order valence-electron chi connectivity index (χ2n) is 7.11. The van der Waals surface area contributed by atoms with E-state index >= 15 is 0 Å². The summed E-state index contributed by atoms with van der Waals surface area (Å²) in [5.41, 5.74) is -0.437. The van der Waals surface area contributed by atoms with Crippen molar-refractivity contribution < 1.29 is 76.5 Å². The summed E-state index contributed by atoms with van der Waals surface area (Å²) in [6, 6.07) is 2.49. The van der Waals surface area contributed by atoms with Crippen LogP contribution in [-0.2, 0) is 9.53 Å². The van der Waals surface area contributed by atoms with Crippen LogP contribution in [0.2, 0.25) is 0 Å². The molecule has 0 N–H and O–H groups in total. The molecule has 0 bridgehead atoms. The van der Waals surface area contributed by atoms with Gasteiger partial charge in [-0.25, -0.2) is 13.6 Å². The number of Topliss-reactive ketones (excluding diaryl/α,β-unsaturated/α-hetero) is 1. The number of methoxy groups -OCH3 is 2. The van der Waals surface area contributed by atoms with E-state index < -0.39 is 54.4 Å². The number of alkyl halides is 12. The summed E-state index contributed by atoms with van der Waals surface area (Å²) in [5.74, 6) is -39.2. The Balaban J connectivity index is 3.24. The van der Waals surface area contributed by atoms with Gasteiger partial charge in [-0.2, -0.15) is 43.9 Å². The fourth-order valence-corrected chi connectivity index (χ4v) is 2.68. The van der Waals surface area contributed by atoms with E-state index in [1.807, 2.05) is 0 Å². The highest BCUT2D eigenvalue weighted by atomic mass is 19.4. The summed E-state index contributed by atoms with van der Waals surface area (Å²) in [4.78, 5) is 23.6. The lowest BCUT2D eigenvalue weighted by molar-refractivity contribution is -0.414. The van der Waals surface area contributed by atoms with Crippen LogP contribution in [0.1, 0.15) is 22.8 Å². The summed E-state index contributed by atoms with van der Waals surface area (Å²) >= 11 is 0. The molecule has 0 radical (unpaired) electrons. The van der Waals surface area contributed by atoms with E-state index in [9.17, 15) is 62.3 Å². The van der Waals surface area contributed by atoms with Gasteiger partial charge in [0.1, 0.15) is 11.5 Å². The van der Waals surface area contributed by atoms with E-state index in [1.54, 1.807) is 0 Å². The Hall–Kier alpha value is -3.14. The number of hydrogen-bond acceptors (Lipinski definition) is 5. The maximum atomic E-state index is 13.7.